The molecular formula is C18H19N7. The van der Waals surface area contributed by atoms with E-state index in [1.807, 2.05) is 18.2 Å². The lowest BCUT2D eigenvalue weighted by Gasteiger charge is -2.10. The zero-order valence-electron chi connectivity index (χ0n) is 14.2. The quantitative estimate of drug-likeness (QED) is 0.608. The van der Waals surface area contributed by atoms with Crippen molar-refractivity contribution in [3.05, 3.63) is 65.5 Å². The fourth-order valence-corrected chi connectivity index (χ4v) is 3.13. The standard InChI is InChI=1S/C18H19N7/c1-13-12-15(14(2)24(13)16-6-4-3-5-7-16)10-11-19-17-8-9-18-20-22-23-25(18)21-17/h3-9,12H,10-11H2,1-2H3,(H,19,21). The third kappa shape index (κ3) is 2.96. The highest BCUT2D eigenvalue weighted by atomic mass is 15.6. The van der Waals surface area contributed by atoms with Crippen LogP contribution in [0.15, 0.2) is 48.5 Å². The summed E-state index contributed by atoms with van der Waals surface area (Å²) >= 11 is 0. The van der Waals surface area contributed by atoms with E-state index in [9.17, 15) is 0 Å². The minimum absolute atomic E-state index is 0.636. The van der Waals surface area contributed by atoms with Gasteiger partial charge < -0.3 is 9.88 Å². The van der Waals surface area contributed by atoms with Crippen LogP contribution in [0.5, 0.6) is 0 Å². The number of nitrogens with zero attached hydrogens (tertiary/aromatic N) is 6. The maximum absolute atomic E-state index is 4.32. The van der Waals surface area contributed by atoms with Crippen LogP contribution in [-0.4, -0.2) is 36.4 Å². The number of nitrogens with one attached hydrogen (secondary N) is 1. The van der Waals surface area contributed by atoms with Gasteiger partial charge in [-0.1, -0.05) is 18.2 Å². The van der Waals surface area contributed by atoms with Crippen molar-refractivity contribution in [2.75, 3.05) is 11.9 Å². The van der Waals surface area contributed by atoms with Gasteiger partial charge in [0.05, 0.1) is 0 Å². The van der Waals surface area contributed by atoms with Gasteiger partial charge in [-0.3, -0.25) is 0 Å². The molecule has 0 spiro atoms. The molecule has 3 heterocycles. The van der Waals surface area contributed by atoms with E-state index in [4.69, 9.17) is 0 Å². The van der Waals surface area contributed by atoms with Crippen molar-refractivity contribution >= 4 is 11.5 Å². The molecule has 3 aromatic heterocycles. The predicted octanol–water partition coefficient (Wildman–Crippen LogP) is 2.58. The third-order valence-corrected chi connectivity index (χ3v) is 4.32. The highest BCUT2D eigenvalue weighted by Gasteiger charge is 2.10. The lowest BCUT2D eigenvalue weighted by atomic mass is 10.2. The van der Waals surface area contributed by atoms with Crippen LogP contribution in [0.25, 0.3) is 11.3 Å². The van der Waals surface area contributed by atoms with E-state index in [1.54, 1.807) is 0 Å². The summed E-state index contributed by atoms with van der Waals surface area (Å²) in [4.78, 5) is 0. The molecule has 7 heteroatoms. The number of aromatic nitrogens is 6. The smallest absolute Gasteiger partial charge is 0.200 e. The van der Waals surface area contributed by atoms with Crippen molar-refractivity contribution < 1.29 is 0 Å². The Balaban J connectivity index is 1.48. The van der Waals surface area contributed by atoms with Gasteiger partial charge in [0.1, 0.15) is 5.82 Å². The minimum Gasteiger partial charge on any atom is -0.368 e. The zero-order valence-corrected chi connectivity index (χ0v) is 14.2. The van der Waals surface area contributed by atoms with Crippen LogP contribution in [0.2, 0.25) is 0 Å². The monoisotopic (exact) mass is 333 g/mol. The molecule has 0 radical (unpaired) electrons. The summed E-state index contributed by atoms with van der Waals surface area (Å²) in [6.45, 7) is 5.10. The molecule has 4 aromatic rings. The summed E-state index contributed by atoms with van der Waals surface area (Å²) in [6.07, 6.45) is 0.918. The Morgan fingerprint density at radius 1 is 1.04 bits per heavy atom. The Hall–Kier alpha value is -3.22. The van der Waals surface area contributed by atoms with E-state index >= 15 is 0 Å². The van der Waals surface area contributed by atoms with Crippen LogP contribution in [-0.2, 0) is 6.42 Å². The molecule has 126 valence electrons. The van der Waals surface area contributed by atoms with Crippen LogP contribution in [0.4, 0.5) is 5.82 Å². The van der Waals surface area contributed by atoms with Crippen LogP contribution >= 0.6 is 0 Å². The summed E-state index contributed by atoms with van der Waals surface area (Å²) in [7, 11) is 0. The number of hydrogen-bond acceptors (Lipinski definition) is 5. The van der Waals surface area contributed by atoms with E-state index in [-0.39, 0.29) is 0 Å². The van der Waals surface area contributed by atoms with Gasteiger partial charge >= 0.3 is 0 Å². The van der Waals surface area contributed by atoms with Crippen molar-refractivity contribution in [3.8, 4) is 5.69 Å². The molecule has 1 N–H and O–H groups in total. The Labute approximate surface area is 145 Å². The summed E-state index contributed by atoms with van der Waals surface area (Å²) < 4.78 is 3.71. The molecule has 25 heavy (non-hydrogen) atoms. The molecule has 0 aliphatic heterocycles. The van der Waals surface area contributed by atoms with Gasteiger partial charge in [0, 0.05) is 23.6 Å². The van der Waals surface area contributed by atoms with Crippen molar-refractivity contribution in [2.24, 2.45) is 0 Å². The Bertz CT molecular complexity index is 1000. The molecule has 0 amide bonds. The number of tetrazole rings is 1. The summed E-state index contributed by atoms with van der Waals surface area (Å²) in [5, 5.41) is 18.9. The summed E-state index contributed by atoms with van der Waals surface area (Å²) in [5.74, 6) is 0.761. The molecule has 4 rings (SSSR count). The van der Waals surface area contributed by atoms with E-state index in [2.05, 4.69) is 74.7 Å². The topological polar surface area (TPSA) is 72.9 Å². The summed E-state index contributed by atoms with van der Waals surface area (Å²) in [6, 6.07) is 16.4. The van der Waals surface area contributed by atoms with Gasteiger partial charge in [0.2, 0.25) is 0 Å². The molecule has 0 saturated carbocycles. The van der Waals surface area contributed by atoms with Crippen molar-refractivity contribution in [1.29, 1.82) is 0 Å². The number of aryl methyl sites for hydroxylation is 1. The average Bonchev–Trinajstić information content (AvgIpc) is 3.20. The van der Waals surface area contributed by atoms with E-state index < -0.39 is 0 Å². The number of benzene rings is 1. The second kappa shape index (κ2) is 6.35. The number of fused-ring (bicyclic) bond motifs is 1. The zero-order chi connectivity index (χ0) is 17.2. The fraction of sp³-hybridized carbons (Fsp3) is 0.222. The molecular weight excluding hydrogens is 314 g/mol. The SMILES string of the molecule is Cc1cc(CCNc2ccc3nnnn3n2)c(C)n1-c1ccccc1. The van der Waals surface area contributed by atoms with Gasteiger partial charge in [-0.05, 0) is 66.6 Å². The second-order valence-electron chi connectivity index (χ2n) is 5.99. The fourth-order valence-electron chi connectivity index (χ4n) is 3.13. The Morgan fingerprint density at radius 3 is 2.72 bits per heavy atom. The molecule has 7 nitrogen and oxygen atoms in total. The number of anilines is 1. The van der Waals surface area contributed by atoms with E-state index in [0.29, 0.717) is 5.65 Å². The lowest BCUT2D eigenvalue weighted by Crippen LogP contribution is -2.09. The largest absolute Gasteiger partial charge is 0.368 e. The van der Waals surface area contributed by atoms with Crippen molar-refractivity contribution in [3.63, 3.8) is 0 Å². The summed E-state index contributed by atoms with van der Waals surface area (Å²) in [5.41, 5.74) is 5.68. The highest BCUT2D eigenvalue weighted by Crippen LogP contribution is 2.21. The molecule has 0 aliphatic rings. The lowest BCUT2D eigenvalue weighted by molar-refractivity contribution is 0.733. The van der Waals surface area contributed by atoms with E-state index in [0.717, 1.165) is 18.8 Å². The molecule has 0 bridgehead atoms. The van der Waals surface area contributed by atoms with Gasteiger partial charge in [-0.2, -0.15) is 0 Å². The predicted molar refractivity (Wildman–Crippen MR) is 96.0 cm³/mol. The van der Waals surface area contributed by atoms with Gasteiger partial charge in [0.25, 0.3) is 0 Å². The van der Waals surface area contributed by atoms with Crippen molar-refractivity contribution in [2.45, 2.75) is 20.3 Å². The molecule has 0 saturated heterocycles. The normalized spacial score (nSPS) is 11.1. The molecule has 0 aliphatic carbocycles. The maximum Gasteiger partial charge on any atom is 0.200 e. The van der Waals surface area contributed by atoms with Gasteiger partial charge in [0.15, 0.2) is 5.65 Å². The minimum atomic E-state index is 0.636. The van der Waals surface area contributed by atoms with Crippen LogP contribution in [0.3, 0.4) is 0 Å². The average molecular weight is 333 g/mol. The third-order valence-electron chi connectivity index (χ3n) is 4.32. The number of hydrogen-bond donors (Lipinski definition) is 1. The van der Waals surface area contributed by atoms with Crippen molar-refractivity contribution in [1.82, 2.24) is 29.8 Å². The van der Waals surface area contributed by atoms with Crippen LogP contribution in [0.1, 0.15) is 17.0 Å². The molecule has 0 atom stereocenters. The first kappa shape index (κ1) is 15.3. The first-order valence-corrected chi connectivity index (χ1v) is 8.25. The maximum atomic E-state index is 4.32. The molecule has 1 aromatic carbocycles. The first-order valence-electron chi connectivity index (χ1n) is 8.25. The van der Waals surface area contributed by atoms with Crippen LogP contribution in [0, 0.1) is 13.8 Å². The number of para-hydroxylation sites is 1. The Morgan fingerprint density at radius 2 is 1.88 bits per heavy atom. The highest BCUT2D eigenvalue weighted by molar-refractivity contribution is 5.43. The van der Waals surface area contributed by atoms with Gasteiger partial charge in [-0.25, -0.2) is 0 Å². The van der Waals surface area contributed by atoms with Crippen LogP contribution < -0.4 is 5.32 Å². The molecule has 0 fully saturated rings. The second-order valence-corrected chi connectivity index (χ2v) is 5.99. The Kier molecular flexibility index (Phi) is 3.89. The van der Waals surface area contributed by atoms with Gasteiger partial charge in [-0.15, -0.1) is 14.8 Å². The first-order chi connectivity index (χ1) is 12.2. The molecule has 0 unspecified atom stereocenters. The van der Waals surface area contributed by atoms with E-state index in [1.165, 1.54) is 27.3 Å². The number of rotatable bonds is 5.